The highest BCUT2D eigenvalue weighted by Gasteiger charge is 2.25. The largest absolute Gasteiger partial charge is 0.497 e. The minimum atomic E-state index is -0.542. The van der Waals surface area contributed by atoms with Crippen LogP contribution in [-0.4, -0.2) is 29.1 Å². The first-order valence-corrected chi connectivity index (χ1v) is 6.26. The van der Waals surface area contributed by atoms with Gasteiger partial charge in [-0.2, -0.15) is 0 Å². The van der Waals surface area contributed by atoms with Gasteiger partial charge in [0.05, 0.1) is 24.7 Å². The molecule has 0 radical (unpaired) electrons. The first-order chi connectivity index (χ1) is 9.97. The van der Waals surface area contributed by atoms with Crippen LogP contribution in [-0.2, 0) is 0 Å². The number of aryl methyl sites for hydroxylation is 1. The van der Waals surface area contributed by atoms with Crippen LogP contribution in [0, 0.1) is 17.0 Å². The molecule has 0 fully saturated rings. The van der Waals surface area contributed by atoms with E-state index in [-0.39, 0.29) is 22.4 Å². The van der Waals surface area contributed by atoms with Crippen LogP contribution in [0.15, 0.2) is 18.2 Å². The summed E-state index contributed by atoms with van der Waals surface area (Å²) < 4.78 is 10.4. The second kappa shape index (κ2) is 5.92. The molecule has 0 N–H and O–H groups in total. The van der Waals surface area contributed by atoms with Crippen LogP contribution >= 0.6 is 11.6 Å². The molecule has 1 aromatic carbocycles. The highest BCUT2D eigenvalue weighted by Crippen LogP contribution is 2.38. The standard InChI is InChI=1S/C13H12ClN3O4/c1-7-12(17(18)19)11(16-13(14)15-7)9-6-8(20-2)4-5-10(9)21-3/h4-6H,1-3H3. The van der Waals surface area contributed by atoms with Gasteiger partial charge in [0.25, 0.3) is 0 Å². The molecule has 0 unspecified atom stereocenters. The molecular formula is C13H12ClN3O4. The summed E-state index contributed by atoms with van der Waals surface area (Å²) in [6.45, 7) is 1.50. The first kappa shape index (κ1) is 15.0. The second-order valence-corrected chi connectivity index (χ2v) is 4.44. The lowest BCUT2D eigenvalue weighted by atomic mass is 10.1. The van der Waals surface area contributed by atoms with E-state index in [1.807, 2.05) is 0 Å². The number of nitrogens with zero attached hydrogens (tertiary/aromatic N) is 3. The van der Waals surface area contributed by atoms with Gasteiger partial charge >= 0.3 is 5.69 Å². The van der Waals surface area contributed by atoms with Gasteiger partial charge in [0.15, 0.2) is 5.69 Å². The van der Waals surface area contributed by atoms with Gasteiger partial charge in [-0.1, -0.05) is 0 Å². The monoisotopic (exact) mass is 309 g/mol. The van der Waals surface area contributed by atoms with Gasteiger partial charge in [-0.25, -0.2) is 9.97 Å². The average molecular weight is 310 g/mol. The van der Waals surface area contributed by atoms with Crippen LogP contribution in [0.5, 0.6) is 11.5 Å². The Labute approximate surface area is 125 Å². The van der Waals surface area contributed by atoms with Crippen LogP contribution in [0.1, 0.15) is 5.69 Å². The fourth-order valence-electron chi connectivity index (χ4n) is 1.94. The van der Waals surface area contributed by atoms with E-state index in [2.05, 4.69) is 9.97 Å². The van der Waals surface area contributed by atoms with Gasteiger partial charge in [-0.15, -0.1) is 0 Å². The molecule has 0 saturated heterocycles. The molecule has 1 aromatic heterocycles. The zero-order chi connectivity index (χ0) is 15.6. The molecule has 0 spiro atoms. The third-order valence-corrected chi connectivity index (χ3v) is 3.04. The number of ether oxygens (including phenoxy) is 2. The molecule has 8 heteroatoms. The maximum Gasteiger partial charge on any atom is 0.316 e. The van der Waals surface area contributed by atoms with Gasteiger partial charge < -0.3 is 9.47 Å². The first-order valence-electron chi connectivity index (χ1n) is 5.88. The van der Waals surface area contributed by atoms with E-state index in [0.717, 1.165) is 0 Å². The quantitative estimate of drug-likeness (QED) is 0.490. The summed E-state index contributed by atoms with van der Waals surface area (Å²) in [6, 6.07) is 4.93. The van der Waals surface area contributed by atoms with Crippen LogP contribution in [0.2, 0.25) is 5.28 Å². The highest BCUT2D eigenvalue weighted by atomic mass is 35.5. The smallest absolute Gasteiger partial charge is 0.316 e. The van der Waals surface area contributed by atoms with E-state index in [1.54, 1.807) is 18.2 Å². The van der Waals surface area contributed by atoms with E-state index >= 15 is 0 Å². The molecule has 2 rings (SSSR count). The van der Waals surface area contributed by atoms with Gasteiger partial charge in [-0.3, -0.25) is 10.1 Å². The SMILES string of the molecule is COc1ccc(OC)c(-c2nc(Cl)nc(C)c2[N+](=O)[O-])c1. The normalized spacial score (nSPS) is 10.3. The minimum Gasteiger partial charge on any atom is -0.497 e. The second-order valence-electron chi connectivity index (χ2n) is 4.10. The third-order valence-electron chi connectivity index (χ3n) is 2.88. The van der Waals surface area contributed by atoms with Crippen molar-refractivity contribution in [2.75, 3.05) is 14.2 Å². The summed E-state index contributed by atoms with van der Waals surface area (Å²) in [7, 11) is 2.96. The van der Waals surface area contributed by atoms with E-state index in [9.17, 15) is 10.1 Å². The highest BCUT2D eigenvalue weighted by molar-refractivity contribution is 6.28. The molecule has 1 heterocycles. The number of aromatic nitrogens is 2. The summed E-state index contributed by atoms with van der Waals surface area (Å²) in [6.07, 6.45) is 0. The summed E-state index contributed by atoms with van der Waals surface area (Å²) in [5.41, 5.74) is 0.468. The maximum absolute atomic E-state index is 11.3. The zero-order valence-corrected chi connectivity index (χ0v) is 12.3. The number of benzene rings is 1. The van der Waals surface area contributed by atoms with E-state index in [0.29, 0.717) is 17.1 Å². The van der Waals surface area contributed by atoms with Gasteiger partial charge in [-0.05, 0) is 36.7 Å². The Kier molecular flexibility index (Phi) is 4.23. The summed E-state index contributed by atoms with van der Waals surface area (Å²) >= 11 is 5.83. The van der Waals surface area contributed by atoms with Gasteiger partial charge in [0.2, 0.25) is 5.28 Å². The molecule has 7 nitrogen and oxygen atoms in total. The van der Waals surface area contributed by atoms with Crippen molar-refractivity contribution in [3.05, 3.63) is 39.3 Å². The Morgan fingerprint density at radius 2 is 1.95 bits per heavy atom. The molecule has 2 aromatic rings. The summed E-state index contributed by atoms with van der Waals surface area (Å²) in [5.74, 6) is 0.945. The van der Waals surface area contributed by atoms with Crippen molar-refractivity contribution in [1.29, 1.82) is 0 Å². The van der Waals surface area contributed by atoms with Gasteiger partial charge in [0.1, 0.15) is 17.2 Å². The number of nitro groups is 1. The molecule has 110 valence electrons. The predicted molar refractivity (Wildman–Crippen MR) is 77.0 cm³/mol. The lowest BCUT2D eigenvalue weighted by molar-refractivity contribution is -0.385. The fraction of sp³-hybridized carbons (Fsp3) is 0.231. The topological polar surface area (TPSA) is 87.4 Å². The Morgan fingerprint density at radius 3 is 2.52 bits per heavy atom. The van der Waals surface area contributed by atoms with Crippen molar-refractivity contribution < 1.29 is 14.4 Å². The number of hydrogen-bond donors (Lipinski definition) is 0. The number of halogens is 1. The molecule has 0 atom stereocenters. The zero-order valence-electron chi connectivity index (χ0n) is 11.6. The van der Waals surface area contributed by atoms with Crippen molar-refractivity contribution >= 4 is 17.3 Å². The van der Waals surface area contributed by atoms with Crippen LogP contribution in [0.3, 0.4) is 0 Å². The minimum absolute atomic E-state index is 0.0713. The molecule has 0 aliphatic carbocycles. The van der Waals surface area contributed by atoms with Crippen LogP contribution in [0.4, 0.5) is 5.69 Å². The maximum atomic E-state index is 11.3. The number of methoxy groups -OCH3 is 2. The Balaban J connectivity index is 2.79. The fourth-order valence-corrected chi connectivity index (χ4v) is 2.15. The van der Waals surface area contributed by atoms with Crippen LogP contribution in [0.25, 0.3) is 11.3 Å². The van der Waals surface area contributed by atoms with Crippen LogP contribution < -0.4 is 9.47 Å². The number of hydrogen-bond acceptors (Lipinski definition) is 6. The van der Waals surface area contributed by atoms with Crippen molar-refractivity contribution in [3.8, 4) is 22.8 Å². The van der Waals surface area contributed by atoms with E-state index in [1.165, 1.54) is 21.1 Å². The van der Waals surface area contributed by atoms with Crippen molar-refractivity contribution in [1.82, 2.24) is 9.97 Å². The Morgan fingerprint density at radius 1 is 1.24 bits per heavy atom. The molecular weight excluding hydrogens is 298 g/mol. The lowest BCUT2D eigenvalue weighted by Crippen LogP contribution is -2.02. The summed E-state index contributed by atoms with van der Waals surface area (Å²) in [5, 5.41) is 11.2. The van der Waals surface area contributed by atoms with Gasteiger partial charge in [0, 0.05) is 0 Å². The lowest BCUT2D eigenvalue weighted by Gasteiger charge is -2.11. The van der Waals surface area contributed by atoms with Crippen molar-refractivity contribution in [2.45, 2.75) is 6.92 Å². The molecule has 0 aliphatic heterocycles. The van der Waals surface area contributed by atoms with Crippen molar-refractivity contribution in [2.24, 2.45) is 0 Å². The van der Waals surface area contributed by atoms with E-state index < -0.39 is 4.92 Å². The number of rotatable bonds is 4. The molecule has 0 bridgehead atoms. The average Bonchev–Trinajstić information content (AvgIpc) is 2.45. The molecule has 0 saturated carbocycles. The summed E-state index contributed by atoms with van der Waals surface area (Å²) in [4.78, 5) is 18.6. The Bertz CT molecular complexity index is 706. The predicted octanol–water partition coefficient (Wildman–Crippen LogP) is 3.03. The third kappa shape index (κ3) is 2.87. The molecule has 0 aliphatic rings. The molecule has 0 amide bonds. The molecule has 21 heavy (non-hydrogen) atoms. The van der Waals surface area contributed by atoms with Crippen molar-refractivity contribution in [3.63, 3.8) is 0 Å². The van der Waals surface area contributed by atoms with E-state index in [4.69, 9.17) is 21.1 Å². The Hall–Kier alpha value is -2.41.